The van der Waals surface area contributed by atoms with Gasteiger partial charge in [-0.2, -0.15) is 5.10 Å². The average molecular weight is 206 g/mol. The van der Waals surface area contributed by atoms with Crippen LogP contribution in [0.4, 0.5) is 0 Å². The van der Waals surface area contributed by atoms with Gasteiger partial charge < -0.3 is 0 Å². The van der Waals surface area contributed by atoms with Gasteiger partial charge in [-0.05, 0) is 49.0 Å². The van der Waals surface area contributed by atoms with E-state index in [0.29, 0.717) is 0 Å². The summed E-state index contributed by atoms with van der Waals surface area (Å²) in [6, 6.07) is 0. The maximum atomic E-state index is 3.96. The fraction of sp³-hybridized carbons (Fsp3) is 0.769. The van der Waals surface area contributed by atoms with Crippen LogP contribution < -0.4 is 0 Å². The number of aromatic nitrogens is 2. The van der Waals surface area contributed by atoms with Crippen LogP contribution in [0.5, 0.6) is 0 Å². The first kappa shape index (κ1) is 10.7. The SMILES string of the molecule is CC(C)C1CC(CCCc2cn[nH]c2)C1. The highest BCUT2D eigenvalue weighted by atomic mass is 15.1. The molecule has 0 saturated heterocycles. The molecule has 0 aromatic carbocycles. The molecular weight excluding hydrogens is 184 g/mol. The molecule has 1 heterocycles. The number of hydrogen-bond acceptors (Lipinski definition) is 1. The molecule has 0 spiro atoms. The molecule has 1 fully saturated rings. The van der Waals surface area contributed by atoms with Gasteiger partial charge in [0.1, 0.15) is 0 Å². The monoisotopic (exact) mass is 206 g/mol. The van der Waals surface area contributed by atoms with Crippen molar-refractivity contribution in [3.05, 3.63) is 18.0 Å². The van der Waals surface area contributed by atoms with E-state index in [4.69, 9.17) is 0 Å². The Hall–Kier alpha value is -0.790. The summed E-state index contributed by atoms with van der Waals surface area (Å²) in [6.07, 6.45) is 10.8. The zero-order valence-electron chi connectivity index (χ0n) is 9.87. The Bertz CT molecular complexity index is 271. The first-order chi connectivity index (χ1) is 7.25. The molecule has 0 amide bonds. The lowest BCUT2D eigenvalue weighted by atomic mass is 9.68. The Morgan fingerprint density at radius 3 is 2.87 bits per heavy atom. The van der Waals surface area contributed by atoms with Crippen LogP contribution in [0.25, 0.3) is 0 Å². The second-order valence-corrected chi connectivity index (χ2v) is 5.34. The minimum Gasteiger partial charge on any atom is -0.285 e. The molecule has 1 N–H and O–H groups in total. The Morgan fingerprint density at radius 1 is 1.47 bits per heavy atom. The van der Waals surface area contributed by atoms with Crippen LogP contribution in [0.1, 0.15) is 45.1 Å². The van der Waals surface area contributed by atoms with Gasteiger partial charge in [-0.15, -0.1) is 0 Å². The first-order valence-corrected chi connectivity index (χ1v) is 6.23. The highest BCUT2D eigenvalue weighted by Crippen LogP contribution is 2.41. The van der Waals surface area contributed by atoms with E-state index in [1.807, 2.05) is 12.4 Å². The molecule has 2 heteroatoms. The summed E-state index contributed by atoms with van der Waals surface area (Å²) in [6.45, 7) is 4.71. The van der Waals surface area contributed by atoms with Crippen molar-refractivity contribution in [2.24, 2.45) is 17.8 Å². The molecule has 0 atom stereocenters. The lowest BCUT2D eigenvalue weighted by Gasteiger charge is -2.38. The molecular formula is C13H22N2. The van der Waals surface area contributed by atoms with Crippen LogP contribution in [0.2, 0.25) is 0 Å². The van der Waals surface area contributed by atoms with Gasteiger partial charge in [-0.1, -0.05) is 20.3 Å². The van der Waals surface area contributed by atoms with Gasteiger partial charge in [0.15, 0.2) is 0 Å². The molecule has 1 aromatic heterocycles. The fourth-order valence-corrected chi connectivity index (χ4v) is 2.58. The van der Waals surface area contributed by atoms with Crippen molar-refractivity contribution in [3.8, 4) is 0 Å². The van der Waals surface area contributed by atoms with E-state index in [2.05, 4.69) is 24.0 Å². The van der Waals surface area contributed by atoms with Crippen LogP contribution in [-0.2, 0) is 6.42 Å². The third-order valence-corrected chi connectivity index (χ3v) is 3.85. The van der Waals surface area contributed by atoms with E-state index in [1.54, 1.807) is 0 Å². The van der Waals surface area contributed by atoms with Crippen LogP contribution in [0.3, 0.4) is 0 Å². The van der Waals surface area contributed by atoms with Gasteiger partial charge in [0, 0.05) is 6.20 Å². The predicted molar refractivity (Wildman–Crippen MR) is 62.6 cm³/mol. The van der Waals surface area contributed by atoms with Crippen LogP contribution in [-0.4, -0.2) is 10.2 Å². The first-order valence-electron chi connectivity index (χ1n) is 6.23. The molecule has 0 unspecified atom stereocenters. The minimum absolute atomic E-state index is 0.898. The Labute approximate surface area is 92.5 Å². The lowest BCUT2D eigenvalue weighted by molar-refractivity contribution is 0.131. The lowest BCUT2D eigenvalue weighted by Crippen LogP contribution is -2.27. The fourth-order valence-electron chi connectivity index (χ4n) is 2.58. The van der Waals surface area contributed by atoms with E-state index < -0.39 is 0 Å². The van der Waals surface area contributed by atoms with Crippen molar-refractivity contribution < 1.29 is 0 Å². The number of aromatic amines is 1. The topological polar surface area (TPSA) is 28.7 Å². The van der Waals surface area contributed by atoms with Crippen molar-refractivity contribution >= 4 is 0 Å². The van der Waals surface area contributed by atoms with Gasteiger partial charge in [0.25, 0.3) is 0 Å². The molecule has 1 aliphatic rings. The standard InChI is InChI=1S/C13H22N2/c1-10(2)13-6-11(7-13)4-3-5-12-8-14-15-9-12/h8-11,13H,3-7H2,1-2H3,(H,14,15). The van der Waals surface area contributed by atoms with Gasteiger partial charge in [0.2, 0.25) is 0 Å². The average Bonchev–Trinajstić information content (AvgIpc) is 2.60. The number of rotatable bonds is 5. The summed E-state index contributed by atoms with van der Waals surface area (Å²) in [4.78, 5) is 0. The van der Waals surface area contributed by atoms with Crippen molar-refractivity contribution in [3.63, 3.8) is 0 Å². The van der Waals surface area contributed by atoms with E-state index in [9.17, 15) is 0 Å². The van der Waals surface area contributed by atoms with E-state index in [-0.39, 0.29) is 0 Å². The summed E-state index contributed by atoms with van der Waals surface area (Å²) >= 11 is 0. The number of aryl methyl sites for hydroxylation is 1. The molecule has 84 valence electrons. The van der Waals surface area contributed by atoms with Gasteiger partial charge in [0.05, 0.1) is 6.20 Å². The Balaban J connectivity index is 1.57. The number of nitrogens with zero attached hydrogens (tertiary/aromatic N) is 1. The van der Waals surface area contributed by atoms with Crippen LogP contribution in [0.15, 0.2) is 12.4 Å². The summed E-state index contributed by atoms with van der Waals surface area (Å²) in [5, 5.41) is 6.83. The van der Waals surface area contributed by atoms with Crippen molar-refractivity contribution in [1.29, 1.82) is 0 Å². The summed E-state index contributed by atoms with van der Waals surface area (Å²) < 4.78 is 0. The van der Waals surface area contributed by atoms with E-state index >= 15 is 0 Å². The Kier molecular flexibility index (Phi) is 3.45. The van der Waals surface area contributed by atoms with Crippen molar-refractivity contribution in [2.45, 2.75) is 46.0 Å². The number of H-pyrrole nitrogens is 1. The maximum Gasteiger partial charge on any atom is 0.0519 e. The predicted octanol–water partition coefficient (Wildman–Crippen LogP) is 3.41. The molecule has 1 aliphatic carbocycles. The number of nitrogens with one attached hydrogen (secondary N) is 1. The minimum atomic E-state index is 0.898. The molecule has 0 bridgehead atoms. The molecule has 2 nitrogen and oxygen atoms in total. The summed E-state index contributed by atoms with van der Waals surface area (Å²) in [7, 11) is 0. The highest BCUT2D eigenvalue weighted by Gasteiger charge is 2.30. The molecule has 15 heavy (non-hydrogen) atoms. The van der Waals surface area contributed by atoms with Crippen LogP contribution in [0, 0.1) is 17.8 Å². The maximum absolute atomic E-state index is 3.96. The van der Waals surface area contributed by atoms with Gasteiger partial charge in [-0.25, -0.2) is 0 Å². The number of hydrogen-bond donors (Lipinski definition) is 1. The summed E-state index contributed by atoms with van der Waals surface area (Å²) in [5.41, 5.74) is 1.36. The smallest absolute Gasteiger partial charge is 0.0519 e. The molecule has 1 aromatic rings. The van der Waals surface area contributed by atoms with Crippen LogP contribution >= 0.6 is 0 Å². The van der Waals surface area contributed by atoms with Crippen molar-refractivity contribution in [2.75, 3.05) is 0 Å². The second kappa shape index (κ2) is 4.82. The molecule has 2 rings (SSSR count). The zero-order chi connectivity index (χ0) is 10.7. The highest BCUT2D eigenvalue weighted by molar-refractivity contribution is 5.02. The normalized spacial score (nSPS) is 25.5. The third-order valence-electron chi connectivity index (χ3n) is 3.85. The molecule has 0 radical (unpaired) electrons. The quantitative estimate of drug-likeness (QED) is 0.785. The summed E-state index contributed by atoms with van der Waals surface area (Å²) in [5.74, 6) is 2.93. The van der Waals surface area contributed by atoms with E-state index in [1.165, 1.54) is 37.7 Å². The second-order valence-electron chi connectivity index (χ2n) is 5.34. The van der Waals surface area contributed by atoms with Gasteiger partial charge in [-0.3, -0.25) is 5.10 Å². The zero-order valence-corrected chi connectivity index (χ0v) is 9.87. The van der Waals surface area contributed by atoms with E-state index in [0.717, 1.165) is 17.8 Å². The Morgan fingerprint density at radius 2 is 2.27 bits per heavy atom. The largest absolute Gasteiger partial charge is 0.285 e. The van der Waals surface area contributed by atoms with Crippen molar-refractivity contribution in [1.82, 2.24) is 10.2 Å². The molecule has 1 saturated carbocycles. The van der Waals surface area contributed by atoms with Gasteiger partial charge >= 0.3 is 0 Å². The third kappa shape index (κ3) is 2.83. The molecule has 0 aliphatic heterocycles.